The van der Waals surface area contributed by atoms with Crippen LogP contribution in [0.4, 0.5) is 8.78 Å². The lowest BCUT2D eigenvalue weighted by Crippen LogP contribution is -1.80. The number of fused-ring (bicyclic) bond motifs is 1. The highest BCUT2D eigenvalue weighted by atomic mass is 32.1. The molecule has 0 saturated heterocycles. The molecule has 1 aromatic carbocycles. The summed E-state index contributed by atoms with van der Waals surface area (Å²) in [6.45, 7) is 10.9. The first-order valence-corrected chi connectivity index (χ1v) is 7.96. The molecule has 0 aliphatic heterocycles. The van der Waals surface area contributed by atoms with Crippen molar-refractivity contribution in [3.8, 4) is 0 Å². The maximum absolute atomic E-state index is 11.7. The van der Waals surface area contributed by atoms with Crippen molar-refractivity contribution in [1.82, 2.24) is 0 Å². The van der Waals surface area contributed by atoms with E-state index in [1.54, 1.807) is 11.3 Å². The summed E-state index contributed by atoms with van der Waals surface area (Å²) in [4.78, 5) is 0. The normalized spacial score (nSPS) is 9.05. The molecule has 0 saturated carbocycles. The molecular formula is C18H24F2S. The third-order valence-corrected chi connectivity index (χ3v) is 3.51. The van der Waals surface area contributed by atoms with Crippen LogP contribution in [0.1, 0.15) is 40.5 Å². The van der Waals surface area contributed by atoms with E-state index in [2.05, 4.69) is 42.3 Å². The van der Waals surface area contributed by atoms with E-state index in [0.717, 1.165) is 5.57 Å². The molecule has 0 unspecified atom stereocenters. The fourth-order valence-corrected chi connectivity index (χ4v) is 2.19. The average molecular weight is 310 g/mol. The van der Waals surface area contributed by atoms with Gasteiger partial charge >= 0.3 is 0 Å². The van der Waals surface area contributed by atoms with E-state index in [0.29, 0.717) is 12.8 Å². The standard InChI is InChI=1S/C8H12F2.C8H6S.C2H6/c1-6(2)4-5-7(3)8(9)10;1-2-4-8-7(3-1)5-6-9-8;1-2/h1,4-5H2,2-3H3;1-6H;1-2H3. The van der Waals surface area contributed by atoms with Gasteiger partial charge in [0.25, 0.3) is 6.08 Å². The van der Waals surface area contributed by atoms with Crippen LogP contribution in [-0.2, 0) is 0 Å². The predicted molar refractivity (Wildman–Crippen MR) is 92.1 cm³/mol. The summed E-state index contributed by atoms with van der Waals surface area (Å²) in [5, 5.41) is 3.47. The zero-order chi connectivity index (χ0) is 16.3. The summed E-state index contributed by atoms with van der Waals surface area (Å²) in [6.07, 6.45) is -0.470. The van der Waals surface area contributed by atoms with Crippen LogP contribution in [0, 0.1) is 0 Å². The Morgan fingerprint density at radius 3 is 2.19 bits per heavy atom. The molecule has 2 rings (SSSR count). The van der Waals surface area contributed by atoms with Crippen molar-refractivity contribution in [3.63, 3.8) is 0 Å². The number of allylic oxidation sites excluding steroid dienone is 2. The van der Waals surface area contributed by atoms with E-state index >= 15 is 0 Å². The van der Waals surface area contributed by atoms with Crippen LogP contribution in [0.3, 0.4) is 0 Å². The van der Waals surface area contributed by atoms with Crippen molar-refractivity contribution in [2.75, 3.05) is 0 Å². The Bertz CT molecular complexity index is 533. The van der Waals surface area contributed by atoms with Crippen molar-refractivity contribution >= 4 is 21.4 Å². The molecule has 0 N–H and O–H groups in total. The zero-order valence-electron chi connectivity index (χ0n) is 13.2. The zero-order valence-corrected chi connectivity index (χ0v) is 14.1. The summed E-state index contributed by atoms with van der Waals surface area (Å²) in [6, 6.07) is 10.5. The largest absolute Gasteiger partial charge is 0.269 e. The van der Waals surface area contributed by atoms with Gasteiger partial charge in [0.2, 0.25) is 0 Å². The molecule has 0 fully saturated rings. The van der Waals surface area contributed by atoms with E-state index < -0.39 is 6.08 Å². The second-order valence-electron chi connectivity index (χ2n) is 4.46. The minimum atomic E-state index is -1.55. The average Bonchev–Trinajstić information content (AvgIpc) is 2.95. The van der Waals surface area contributed by atoms with Gasteiger partial charge in [-0.25, -0.2) is 0 Å². The summed E-state index contributed by atoms with van der Waals surface area (Å²) < 4.78 is 24.8. The fourth-order valence-electron chi connectivity index (χ4n) is 1.40. The third-order valence-electron chi connectivity index (χ3n) is 2.61. The van der Waals surface area contributed by atoms with Gasteiger partial charge in [0.15, 0.2) is 0 Å². The summed E-state index contributed by atoms with van der Waals surface area (Å²) in [7, 11) is 0. The molecule has 0 atom stereocenters. The van der Waals surface area contributed by atoms with E-state index in [1.807, 2.05) is 20.8 Å². The van der Waals surface area contributed by atoms with Gasteiger partial charge in [0.05, 0.1) is 0 Å². The maximum Gasteiger partial charge on any atom is 0.269 e. The van der Waals surface area contributed by atoms with Gasteiger partial charge < -0.3 is 0 Å². The van der Waals surface area contributed by atoms with Gasteiger partial charge in [0, 0.05) is 4.70 Å². The van der Waals surface area contributed by atoms with Gasteiger partial charge in [0.1, 0.15) is 0 Å². The molecular weight excluding hydrogens is 286 g/mol. The highest BCUT2D eigenvalue weighted by molar-refractivity contribution is 7.17. The van der Waals surface area contributed by atoms with E-state index in [1.165, 1.54) is 17.0 Å². The van der Waals surface area contributed by atoms with Crippen LogP contribution in [0.25, 0.3) is 10.1 Å². The first-order valence-electron chi connectivity index (χ1n) is 7.08. The molecule has 2 aromatic rings. The van der Waals surface area contributed by atoms with Crippen LogP contribution in [0.5, 0.6) is 0 Å². The molecule has 0 aliphatic rings. The monoisotopic (exact) mass is 310 g/mol. The second kappa shape index (κ2) is 11.2. The Balaban J connectivity index is 0.000000341. The summed E-state index contributed by atoms with van der Waals surface area (Å²) >= 11 is 1.79. The van der Waals surface area contributed by atoms with Crippen molar-refractivity contribution in [1.29, 1.82) is 0 Å². The van der Waals surface area contributed by atoms with Gasteiger partial charge in [-0.2, -0.15) is 8.78 Å². The minimum absolute atomic E-state index is 0.169. The molecule has 1 heterocycles. The molecule has 0 nitrogen and oxygen atoms in total. The van der Waals surface area contributed by atoms with Crippen molar-refractivity contribution in [2.24, 2.45) is 0 Å². The van der Waals surface area contributed by atoms with Crippen LogP contribution < -0.4 is 0 Å². The second-order valence-corrected chi connectivity index (χ2v) is 5.40. The van der Waals surface area contributed by atoms with Gasteiger partial charge in [-0.1, -0.05) is 37.6 Å². The molecule has 0 radical (unpaired) electrons. The van der Waals surface area contributed by atoms with Crippen LogP contribution >= 0.6 is 11.3 Å². The van der Waals surface area contributed by atoms with E-state index in [-0.39, 0.29) is 5.57 Å². The fraction of sp³-hybridized carbons (Fsp3) is 0.333. The van der Waals surface area contributed by atoms with E-state index in [9.17, 15) is 8.78 Å². The van der Waals surface area contributed by atoms with Crippen LogP contribution in [0.2, 0.25) is 0 Å². The van der Waals surface area contributed by atoms with Gasteiger partial charge in [-0.3, -0.25) is 0 Å². The van der Waals surface area contributed by atoms with Crippen molar-refractivity contribution < 1.29 is 8.78 Å². The lowest BCUT2D eigenvalue weighted by Gasteiger charge is -1.97. The number of thiophene rings is 1. The lowest BCUT2D eigenvalue weighted by molar-refractivity contribution is 0.408. The topological polar surface area (TPSA) is 0 Å². The molecule has 1 aromatic heterocycles. The first-order chi connectivity index (χ1) is 10.0. The van der Waals surface area contributed by atoms with Crippen LogP contribution in [-0.4, -0.2) is 0 Å². The van der Waals surface area contributed by atoms with Gasteiger partial charge in [-0.15, -0.1) is 17.9 Å². The predicted octanol–water partition coefficient (Wildman–Crippen LogP) is 7.44. The number of halogens is 2. The Morgan fingerprint density at radius 2 is 1.67 bits per heavy atom. The lowest BCUT2D eigenvalue weighted by atomic mass is 10.1. The molecule has 0 spiro atoms. The Hall–Kier alpha value is -1.48. The highest BCUT2D eigenvalue weighted by Crippen LogP contribution is 2.18. The highest BCUT2D eigenvalue weighted by Gasteiger charge is 1.98. The first kappa shape index (κ1) is 19.5. The molecule has 0 bridgehead atoms. The molecule has 0 aliphatic carbocycles. The maximum atomic E-state index is 11.7. The summed E-state index contributed by atoms with van der Waals surface area (Å²) in [5.41, 5.74) is 1.11. The Labute approximate surface area is 130 Å². The minimum Gasteiger partial charge on any atom is -0.173 e. The Morgan fingerprint density at radius 1 is 1.05 bits per heavy atom. The molecule has 0 amide bonds. The Kier molecular flexibility index (Phi) is 10.4. The van der Waals surface area contributed by atoms with E-state index in [4.69, 9.17) is 0 Å². The number of benzene rings is 1. The van der Waals surface area contributed by atoms with Crippen molar-refractivity contribution in [2.45, 2.75) is 40.5 Å². The molecule has 116 valence electrons. The number of rotatable bonds is 3. The quantitative estimate of drug-likeness (QED) is 0.517. The smallest absolute Gasteiger partial charge is 0.173 e. The van der Waals surface area contributed by atoms with Gasteiger partial charge in [-0.05, 0) is 55.2 Å². The molecule has 3 heteroatoms. The third kappa shape index (κ3) is 8.41. The number of hydrogen-bond donors (Lipinski definition) is 0. The molecule has 21 heavy (non-hydrogen) atoms. The number of hydrogen-bond acceptors (Lipinski definition) is 1. The van der Waals surface area contributed by atoms with Crippen LogP contribution in [0.15, 0.2) is 59.5 Å². The van der Waals surface area contributed by atoms with Crippen molar-refractivity contribution in [3.05, 3.63) is 59.5 Å². The summed E-state index contributed by atoms with van der Waals surface area (Å²) in [5.74, 6) is 0. The SMILES string of the molecule is C=C(C)CCC(C)=C(F)F.CC.c1ccc2sccc2c1.